The first-order valence-corrected chi connectivity index (χ1v) is 32.2. The Morgan fingerprint density at radius 3 is 1.21 bits per heavy atom. The fourth-order valence-electron chi connectivity index (χ4n) is 13.3. The van der Waals surface area contributed by atoms with Gasteiger partial charge in [0.15, 0.2) is 37.4 Å². The molecule has 34 heteroatoms. The lowest BCUT2D eigenvalue weighted by atomic mass is 9.72. The number of esters is 2. The molecule has 0 unspecified atom stereocenters. The van der Waals surface area contributed by atoms with Crippen LogP contribution in [0.15, 0.2) is 36.4 Å². The summed E-state index contributed by atoms with van der Waals surface area (Å²) >= 11 is 0. The third kappa shape index (κ3) is 15.0. The zero-order chi connectivity index (χ0) is 75.2. The topological polar surface area (TPSA) is 430 Å². The van der Waals surface area contributed by atoms with E-state index in [-0.39, 0.29) is 68.8 Å². The van der Waals surface area contributed by atoms with E-state index in [1.807, 2.05) is 13.8 Å². The molecule has 2 amide bonds. The highest BCUT2D eigenvalue weighted by Crippen LogP contribution is 2.55. The highest BCUT2D eigenvalue weighted by molar-refractivity contribution is 6.32. The fraction of sp³-hybridized carbons (Fsp3) is 0.500. The van der Waals surface area contributed by atoms with Gasteiger partial charge in [-0.1, -0.05) is 51.0 Å². The lowest BCUT2D eigenvalue weighted by Gasteiger charge is -2.43. The number of benzene rings is 4. The van der Waals surface area contributed by atoms with Gasteiger partial charge in [-0.3, -0.25) is 47.9 Å². The molecular formula is C68H72F6N2O26. The summed E-state index contributed by atoms with van der Waals surface area (Å²) in [4.78, 5) is 130. The van der Waals surface area contributed by atoms with Crippen LogP contribution in [-0.2, 0) is 70.0 Å². The highest BCUT2D eigenvalue weighted by Gasteiger charge is 2.54. The number of ketones is 6. The quantitative estimate of drug-likeness (QED) is 0.0275. The molecule has 0 bridgehead atoms. The van der Waals surface area contributed by atoms with Crippen molar-refractivity contribution in [3.8, 4) is 34.5 Å². The second-order valence-corrected chi connectivity index (χ2v) is 25.4. The number of ether oxygens (including phenoxy) is 8. The summed E-state index contributed by atoms with van der Waals surface area (Å²) in [6.07, 6.45) is -24.7. The molecule has 4 aromatic rings. The van der Waals surface area contributed by atoms with Crippen LogP contribution in [0.1, 0.15) is 190 Å². The van der Waals surface area contributed by atoms with Crippen molar-refractivity contribution in [1.29, 1.82) is 0 Å². The Labute approximate surface area is 575 Å². The van der Waals surface area contributed by atoms with E-state index in [1.54, 1.807) is 10.6 Å². The van der Waals surface area contributed by atoms with Crippen molar-refractivity contribution >= 4 is 58.5 Å². The lowest BCUT2D eigenvalue weighted by Crippen LogP contribution is -2.57. The third-order valence-corrected chi connectivity index (χ3v) is 18.6. The lowest BCUT2D eigenvalue weighted by molar-refractivity contribution is -0.251. The standard InChI is InChI=1S/2C34H36F3NO13/c2*1-4-5-9-21(40)49-13-20(39)33(47)11-16-24(19(12-33)51-22-10-17(27(41)14(2)50-22)38-32(46)34(35,36)37)31(45)26-25(29(16)43)28(42)15-7-6-8-18(48-3)23(15)30(26)44/h2*6-8,14,17,19,22,27,41,43,45,47H,4-5,9-13H2,1-3H3,(H,38,46)/t2*14-,17-,19-,22-,27+,33-/m00/s1. The number of phenols is 4. The zero-order valence-corrected chi connectivity index (χ0v) is 55.3. The van der Waals surface area contributed by atoms with Crippen LogP contribution in [0.5, 0.6) is 34.5 Å². The summed E-state index contributed by atoms with van der Waals surface area (Å²) in [5.74, 6) is -15.3. The normalized spacial score (nSPS) is 25.7. The molecule has 0 spiro atoms. The van der Waals surface area contributed by atoms with Gasteiger partial charge in [-0.05, 0) is 38.8 Å². The molecule has 4 aliphatic carbocycles. The largest absolute Gasteiger partial charge is 0.507 e. The second kappa shape index (κ2) is 30.0. The van der Waals surface area contributed by atoms with Crippen molar-refractivity contribution in [1.82, 2.24) is 10.6 Å². The van der Waals surface area contributed by atoms with Crippen LogP contribution >= 0.6 is 0 Å². The van der Waals surface area contributed by atoms with Crippen molar-refractivity contribution in [3.63, 3.8) is 0 Å². The molecule has 2 aliphatic heterocycles. The number of aliphatic hydroxyl groups is 4. The van der Waals surface area contributed by atoms with Crippen LogP contribution in [0, 0.1) is 0 Å². The maximum atomic E-state index is 13.9. The van der Waals surface area contributed by atoms with E-state index in [4.69, 9.17) is 37.9 Å². The summed E-state index contributed by atoms with van der Waals surface area (Å²) in [6, 6.07) is 5.15. The van der Waals surface area contributed by atoms with Crippen molar-refractivity contribution in [2.24, 2.45) is 0 Å². The summed E-state index contributed by atoms with van der Waals surface area (Å²) in [5.41, 5.74) is -9.70. The van der Waals surface area contributed by atoms with E-state index in [9.17, 15) is 115 Å². The van der Waals surface area contributed by atoms with Crippen molar-refractivity contribution in [2.45, 2.75) is 190 Å². The van der Waals surface area contributed by atoms with E-state index in [0.29, 0.717) is 25.7 Å². The molecule has 28 nitrogen and oxygen atoms in total. The van der Waals surface area contributed by atoms with Crippen LogP contribution in [0.4, 0.5) is 26.3 Å². The number of fused-ring (bicyclic) bond motifs is 6. The number of carbonyl (C=O) groups excluding carboxylic acids is 10. The first-order valence-electron chi connectivity index (χ1n) is 32.2. The van der Waals surface area contributed by atoms with Gasteiger partial charge in [-0.2, -0.15) is 26.3 Å². The summed E-state index contributed by atoms with van der Waals surface area (Å²) < 4.78 is 122. The van der Waals surface area contributed by atoms with Crippen LogP contribution in [-0.4, -0.2) is 199 Å². The minimum Gasteiger partial charge on any atom is -0.507 e. The highest BCUT2D eigenvalue weighted by atomic mass is 19.4. The summed E-state index contributed by atoms with van der Waals surface area (Å²) in [6.45, 7) is 4.42. The molecule has 4 aromatic carbocycles. The number of halogens is 6. The van der Waals surface area contributed by atoms with Crippen molar-refractivity contribution in [3.05, 3.63) is 103 Å². The molecule has 2 heterocycles. The fourth-order valence-corrected chi connectivity index (χ4v) is 13.3. The summed E-state index contributed by atoms with van der Waals surface area (Å²) in [7, 11) is 2.50. The molecule has 6 aliphatic rings. The monoisotopic (exact) mass is 1450 g/mol. The number of amides is 2. The number of aromatic hydroxyl groups is 4. The molecule has 12 atom stereocenters. The predicted octanol–water partition coefficient (Wildman–Crippen LogP) is 4.92. The van der Waals surface area contributed by atoms with Crippen molar-refractivity contribution in [2.75, 3.05) is 27.4 Å². The Morgan fingerprint density at radius 2 is 0.882 bits per heavy atom. The second-order valence-electron chi connectivity index (χ2n) is 25.4. The molecule has 2 saturated heterocycles. The van der Waals surface area contributed by atoms with Gasteiger partial charge in [-0.15, -0.1) is 0 Å². The molecule has 10 N–H and O–H groups in total. The summed E-state index contributed by atoms with van der Waals surface area (Å²) in [5, 5.41) is 94.4. The average molecular weight is 1450 g/mol. The number of methoxy groups -OCH3 is 2. The molecular weight excluding hydrogens is 1370 g/mol. The molecule has 102 heavy (non-hydrogen) atoms. The first-order chi connectivity index (χ1) is 47.9. The Hall–Kier alpha value is -9.16. The van der Waals surface area contributed by atoms with Crippen LogP contribution in [0.3, 0.4) is 0 Å². The maximum Gasteiger partial charge on any atom is 0.471 e. The van der Waals surface area contributed by atoms with E-state index >= 15 is 0 Å². The minimum atomic E-state index is -5.29. The van der Waals surface area contributed by atoms with Crippen molar-refractivity contribution < 1.29 is 153 Å². The van der Waals surface area contributed by atoms with Gasteiger partial charge in [0.2, 0.25) is 23.1 Å². The number of unbranched alkanes of at least 4 members (excludes halogenated alkanes) is 2. The predicted molar refractivity (Wildman–Crippen MR) is 330 cm³/mol. The van der Waals surface area contributed by atoms with E-state index in [1.165, 1.54) is 64.5 Å². The van der Waals surface area contributed by atoms with E-state index in [2.05, 4.69) is 0 Å². The minimum absolute atomic E-state index is 0.00489. The number of Topliss-reactive ketones (excluding diaryl/α,β-unsaturated/α-hetero) is 2. The number of hydrogen-bond acceptors (Lipinski definition) is 26. The van der Waals surface area contributed by atoms with E-state index < -0.39 is 240 Å². The van der Waals surface area contributed by atoms with Gasteiger partial charge in [0.05, 0.1) is 84.1 Å². The number of rotatable bonds is 20. The number of aliphatic hydroxyl groups excluding tert-OH is 2. The van der Waals surface area contributed by atoms with Gasteiger partial charge in [0.25, 0.3) is 0 Å². The van der Waals surface area contributed by atoms with E-state index in [0.717, 1.165) is 0 Å². The Morgan fingerprint density at radius 1 is 0.539 bits per heavy atom. The third-order valence-electron chi connectivity index (χ3n) is 18.6. The molecule has 0 radical (unpaired) electrons. The number of nitrogens with one attached hydrogen (secondary N) is 2. The number of hydrogen-bond donors (Lipinski definition) is 10. The molecule has 0 aromatic heterocycles. The number of phenolic OH excluding ortho intramolecular Hbond substituents is 4. The van der Waals surface area contributed by atoms with Gasteiger partial charge in [-0.25, -0.2) is 0 Å². The molecule has 0 saturated carbocycles. The zero-order valence-electron chi connectivity index (χ0n) is 55.3. The van der Waals surface area contributed by atoms with Gasteiger partial charge >= 0.3 is 36.1 Å². The Balaban J connectivity index is 0.000000237. The average Bonchev–Trinajstić information content (AvgIpc) is 0.716. The Kier molecular flexibility index (Phi) is 22.7. The molecule has 2 fully saturated rings. The Bertz CT molecular complexity index is 3810. The number of alkyl halides is 6. The number of carbonyl (C=O) groups is 10. The first kappa shape index (κ1) is 77.0. The SMILES string of the molecule is CCCCC(=O)OCC(=O)[C@]1(O)Cc2c(O)c3c(c(O)c2[C@@H](O[C@H]2C[C@H](NC(=O)C(F)(F)F)[C@H](O)[C@H](C)O2)C1)C(=O)c1c(OC)cccc1C3=O.CCCCC(=O)OCC(=O)[C@]1(O)Cc2c(O)c3c(c(O)c2[C@@H](O[C@H]2C[C@H](NC(=O)C(F)(F)F)[C@H](O)[C@H](C)O2)C1)C(=O)c1c(OC)cccc1C3=O. The smallest absolute Gasteiger partial charge is 0.471 e. The van der Waals surface area contributed by atoms with Gasteiger partial charge in [0, 0.05) is 84.7 Å². The molecule has 10 rings (SSSR count). The van der Waals surface area contributed by atoms with Gasteiger partial charge < -0.3 is 89.4 Å². The van der Waals surface area contributed by atoms with Crippen LogP contribution in [0.2, 0.25) is 0 Å². The van der Waals surface area contributed by atoms with Gasteiger partial charge in [0.1, 0.15) is 57.9 Å². The molecule has 552 valence electrons. The van der Waals surface area contributed by atoms with Crippen LogP contribution < -0.4 is 20.1 Å². The maximum absolute atomic E-state index is 13.9. The van der Waals surface area contributed by atoms with Crippen LogP contribution in [0.25, 0.3) is 0 Å².